The maximum Gasteiger partial charge on any atom is 0.407 e. The molecule has 116 valence electrons. The van der Waals surface area contributed by atoms with E-state index in [-0.39, 0.29) is 25.0 Å². The van der Waals surface area contributed by atoms with E-state index in [2.05, 4.69) is 10.6 Å². The fourth-order valence-electron chi connectivity index (χ4n) is 1.52. The molecule has 0 heterocycles. The Hall–Kier alpha value is -2.08. The van der Waals surface area contributed by atoms with Crippen molar-refractivity contribution in [2.45, 2.75) is 32.4 Å². The molecule has 4 N–H and O–H groups in total. The first-order valence-corrected chi connectivity index (χ1v) is 6.83. The fourth-order valence-corrected chi connectivity index (χ4v) is 1.52. The zero-order valence-electron chi connectivity index (χ0n) is 12.7. The number of benzene rings is 1. The van der Waals surface area contributed by atoms with Gasteiger partial charge in [-0.2, -0.15) is 0 Å². The standard InChI is InChI=1S/C15H23N3O3/c1-15(2,3)21-14(20)18-10-12(16)9-17-13(19)11-7-5-4-6-8-11/h4-8,12H,9-10,16H2,1-3H3,(H,17,19)(H,18,20)/t12-/m1/s1. The number of carbonyl (C=O) groups is 2. The summed E-state index contributed by atoms with van der Waals surface area (Å²) in [6.45, 7) is 5.85. The molecule has 6 nitrogen and oxygen atoms in total. The summed E-state index contributed by atoms with van der Waals surface area (Å²) in [5, 5.41) is 5.28. The predicted octanol–water partition coefficient (Wildman–Crippen LogP) is 1.27. The average Bonchev–Trinajstić information content (AvgIpc) is 2.41. The van der Waals surface area contributed by atoms with E-state index >= 15 is 0 Å². The Kier molecular flexibility index (Phi) is 6.17. The smallest absolute Gasteiger partial charge is 0.407 e. The molecule has 0 unspecified atom stereocenters. The van der Waals surface area contributed by atoms with Crippen LogP contribution < -0.4 is 16.4 Å². The highest BCUT2D eigenvalue weighted by molar-refractivity contribution is 5.94. The minimum Gasteiger partial charge on any atom is -0.444 e. The highest BCUT2D eigenvalue weighted by Crippen LogP contribution is 2.06. The van der Waals surface area contributed by atoms with Gasteiger partial charge in [-0.3, -0.25) is 4.79 Å². The van der Waals surface area contributed by atoms with Crippen LogP contribution in [0.3, 0.4) is 0 Å². The highest BCUT2D eigenvalue weighted by Gasteiger charge is 2.16. The molecule has 0 saturated heterocycles. The van der Waals surface area contributed by atoms with Crippen LogP contribution in [0.25, 0.3) is 0 Å². The molecule has 0 radical (unpaired) electrons. The Balaban J connectivity index is 2.27. The van der Waals surface area contributed by atoms with Gasteiger partial charge in [-0.1, -0.05) is 18.2 Å². The van der Waals surface area contributed by atoms with Gasteiger partial charge in [0.05, 0.1) is 0 Å². The van der Waals surface area contributed by atoms with Crippen LogP contribution in [0.5, 0.6) is 0 Å². The van der Waals surface area contributed by atoms with Gasteiger partial charge < -0.3 is 21.1 Å². The Morgan fingerprint density at radius 2 is 1.71 bits per heavy atom. The molecule has 1 aromatic carbocycles. The number of rotatable bonds is 5. The van der Waals surface area contributed by atoms with Gasteiger partial charge in [-0.15, -0.1) is 0 Å². The lowest BCUT2D eigenvalue weighted by Crippen LogP contribution is -2.46. The number of nitrogens with two attached hydrogens (primary N) is 1. The van der Waals surface area contributed by atoms with Crippen molar-refractivity contribution >= 4 is 12.0 Å². The van der Waals surface area contributed by atoms with Gasteiger partial charge in [0.15, 0.2) is 0 Å². The first-order valence-electron chi connectivity index (χ1n) is 6.83. The Bertz CT molecular complexity index is 469. The summed E-state index contributed by atoms with van der Waals surface area (Å²) < 4.78 is 5.09. The second-order valence-corrected chi connectivity index (χ2v) is 5.72. The fraction of sp³-hybridized carbons (Fsp3) is 0.467. The summed E-state index contributed by atoms with van der Waals surface area (Å²) >= 11 is 0. The summed E-state index contributed by atoms with van der Waals surface area (Å²) in [6.07, 6.45) is -0.521. The zero-order chi connectivity index (χ0) is 15.9. The van der Waals surface area contributed by atoms with Gasteiger partial charge in [-0.05, 0) is 32.9 Å². The van der Waals surface area contributed by atoms with Gasteiger partial charge in [0.25, 0.3) is 5.91 Å². The molecule has 21 heavy (non-hydrogen) atoms. The lowest BCUT2D eigenvalue weighted by molar-refractivity contribution is 0.0525. The van der Waals surface area contributed by atoms with Gasteiger partial charge >= 0.3 is 6.09 Å². The molecule has 0 aliphatic rings. The quantitative estimate of drug-likeness (QED) is 0.762. The molecule has 0 saturated carbocycles. The topological polar surface area (TPSA) is 93.4 Å². The molecule has 1 rings (SSSR count). The third-order valence-electron chi connectivity index (χ3n) is 2.47. The minimum atomic E-state index is -0.546. The average molecular weight is 293 g/mol. The molecule has 0 aromatic heterocycles. The van der Waals surface area contributed by atoms with Crippen LogP contribution in [0.2, 0.25) is 0 Å². The van der Waals surface area contributed by atoms with Crippen molar-refractivity contribution in [3.8, 4) is 0 Å². The molecule has 0 aliphatic heterocycles. The van der Waals surface area contributed by atoms with Crippen LogP contribution in [0.4, 0.5) is 4.79 Å². The van der Waals surface area contributed by atoms with Crippen molar-refractivity contribution in [1.82, 2.24) is 10.6 Å². The minimum absolute atomic E-state index is 0.191. The summed E-state index contributed by atoms with van der Waals surface area (Å²) in [5.41, 5.74) is 5.86. The van der Waals surface area contributed by atoms with Crippen LogP contribution in [-0.2, 0) is 4.74 Å². The number of amides is 2. The molecular weight excluding hydrogens is 270 g/mol. The van der Waals surface area contributed by atoms with E-state index in [0.29, 0.717) is 5.56 Å². The van der Waals surface area contributed by atoms with Crippen LogP contribution in [0, 0.1) is 0 Å². The van der Waals surface area contributed by atoms with E-state index in [4.69, 9.17) is 10.5 Å². The van der Waals surface area contributed by atoms with Crippen LogP contribution in [-0.4, -0.2) is 36.7 Å². The van der Waals surface area contributed by atoms with E-state index in [1.807, 2.05) is 6.07 Å². The molecule has 0 aliphatic carbocycles. The lowest BCUT2D eigenvalue weighted by Gasteiger charge is -2.20. The molecular formula is C15H23N3O3. The molecule has 2 amide bonds. The Labute approximate surface area is 125 Å². The number of nitrogens with one attached hydrogen (secondary N) is 2. The second-order valence-electron chi connectivity index (χ2n) is 5.72. The SMILES string of the molecule is CC(C)(C)OC(=O)NC[C@H](N)CNC(=O)c1ccccc1. The van der Waals surface area contributed by atoms with Crippen molar-refractivity contribution in [3.63, 3.8) is 0 Å². The molecule has 1 atom stereocenters. The van der Waals surface area contributed by atoms with E-state index in [9.17, 15) is 9.59 Å². The van der Waals surface area contributed by atoms with Gasteiger partial charge in [-0.25, -0.2) is 4.79 Å². The summed E-state index contributed by atoms with van der Waals surface area (Å²) in [5.74, 6) is -0.191. The van der Waals surface area contributed by atoms with Gasteiger partial charge in [0, 0.05) is 24.7 Å². The van der Waals surface area contributed by atoms with E-state index in [0.717, 1.165) is 0 Å². The van der Waals surface area contributed by atoms with Crippen LogP contribution in [0.1, 0.15) is 31.1 Å². The highest BCUT2D eigenvalue weighted by atomic mass is 16.6. The van der Waals surface area contributed by atoms with Crippen LogP contribution >= 0.6 is 0 Å². The zero-order valence-corrected chi connectivity index (χ0v) is 12.7. The summed E-state index contributed by atoms with van der Waals surface area (Å²) in [6, 6.07) is 8.48. The Morgan fingerprint density at radius 1 is 1.14 bits per heavy atom. The number of hydrogen-bond acceptors (Lipinski definition) is 4. The third-order valence-corrected chi connectivity index (χ3v) is 2.47. The number of carbonyl (C=O) groups excluding carboxylic acids is 2. The summed E-state index contributed by atoms with van der Waals surface area (Å²) in [7, 11) is 0. The van der Waals surface area contributed by atoms with Crippen molar-refractivity contribution in [1.29, 1.82) is 0 Å². The van der Waals surface area contributed by atoms with Gasteiger partial charge in [0.1, 0.15) is 5.60 Å². The third kappa shape index (κ3) is 7.31. The number of hydrogen-bond donors (Lipinski definition) is 3. The first-order chi connectivity index (χ1) is 9.78. The number of alkyl carbamates (subject to hydrolysis) is 1. The predicted molar refractivity (Wildman–Crippen MR) is 81.0 cm³/mol. The van der Waals surface area contributed by atoms with Crippen molar-refractivity contribution in [2.75, 3.05) is 13.1 Å². The van der Waals surface area contributed by atoms with Gasteiger partial charge in [0.2, 0.25) is 0 Å². The first kappa shape index (κ1) is 17.0. The molecule has 1 aromatic rings. The molecule has 0 fully saturated rings. The van der Waals surface area contributed by atoms with Crippen LogP contribution in [0.15, 0.2) is 30.3 Å². The monoisotopic (exact) mass is 293 g/mol. The van der Waals surface area contributed by atoms with E-state index in [1.54, 1.807) is 45.0 Å². The maximum absolute atomic E-state index is 11.8. The number of ether oxygens (including phenoxy) is 1. The lowest BCUT2D eigenvalue weighted by atomic mass is 10.2. The van der Waals surface area contributed by atoms with Crippen molar-refractivity contribution in [3.05, 3.63) is 35.9 Å². The molecule has 0 bridgehead atoms. The maximum atomic E-state index is 11.8. The molecule has 0 spiro atoms. The van der Waals surface area contributed by atoms with E-state index in [1.165, 1.54) is 0 Å². The largest absolute Gasteiger partial charge is 0.444 e. The molecule has 6 heteroatoms. The Morgan fingerprint density at radius 3 is 2.29 bits per heavy atom. The van der Waals surface area contributed by atoms with E-state index < -0.39 is 11.7 Å². The van der Waals surface area contributed by atoms with Crippen molar-refractivity contribution in [2.24, 2.45) is 5.73 Å². The normalized spacial score (nSPS) is 12.4. The summed E-state index contributed by atoms with van der Waals surface area (Å²) in [4.78, 5) is 23.2. The second kappa shape index (κ2) is 7.64. The van der Waals surface area contributed by atoms with Crippen molar-refractivity contribution < 1.29 is 14.3 Å².